The molecule has 0 spiro atoms. The Hall–Kier alpha value is -3.02. The second-order valence-electron chi connectivity index (χ2n) is 4.55. The van der Waals surface area contributed by atoms with E-state index in [1.54, 1.807) is 24.3 Å². The van der Waals surface area contributed by atoms with Gasteiger partial charge in [-0.2, -0.15) is 0 Å². The summed E-state index contributed by atoms with van der Waals surface area (Å²) in [6.07, 6.45) is 0.0842. The Kier molecular flexibility index (Phi) is 2.98. The molecule has 6 nitrogen and oxygen atoms in total. The minimum atomic E-state index is -1.21. The van der Waals surface area contributed by atoms with Gasteiger partial charge in [0.05, 0.1) is 6.42 Å². The highest BCUT2D eigenvalue weighted by Crippen LogP contribution is 2.24. The molecule has 1 N–H and O–H groups in total. The molecule has 0 bridgehead atoms. The Balaban J connectivity index is 2.07. The van der Waals surface area contributed by atoms with Crippen LogP contribution in [0.1, 0.15) is 26.4 Å². The van der Waals surface area contributed by atoms with Gasteiger partial charge in [0.25, 0.3) is 5.91 Å². The van der Waals surface area contributed by atoms with E-state index < -0.39 is 17.8 Å². The molecule has 3 rings (SSSR count). The molecule has 0 radical (unpaired) electrons. The number of nitrogens with zero attached hydrogens (tertiary/aromatic N) is 2. The topological polar surface area (TPSA) is 87.6 Å². The number of carbonyl (C=O) groups is 3. The molecule has 21 heavy (non-hydrogen) atoms. The third-order valence-corrected chi connectivity index (χ3v) is 3.22. The van der Waals surface area contributed by atoms with Gasteiger partial charge in [0.15, 0.2) is 5.69 Å². The van der Waals surface area contributed by atoms with Crippen molar-refractivity contribution in [1.82, 2.24) is 4.98 Å². The van der Waals surface area contributed by atoms with Crippen LogP contribution in [0.5, 0.6) is 0 Å². The van der Waals surface area contributed by atoms with Crippen LogP contribution in [0, 0.1) is 0 Å². The number of rotatable bonds is 2. The maximum absolute atomic E-state index is 12.4. The average Bonchev–Trinajstić information content (AvgIpc) is 2.47. The van der Waals surface area contributed by atoms with Gasteiger partial charge < -0.3 is 5.11 Å². The standard InChI is InChI=1S/C15H10N2O4/c18-13-8-9-4-1-2-5-10(9)14(19)17(13)12-7-3-6-11(16-12)15(20)21/h1-7H,8H2,(H,20,21). The van der Waals surface area contributed by atoms with Gasteiger partial charge in [-0.25, -0.2) is 14.7 Å². The lowest BCUT2D eigenvalue weighted by Gasteiger charge is -2.25. The molecule has 0 fully saturated rings. The summed E-state index contributed by atoms with van der Waals surface area (Å²) in [7, 11) is 0. The fourth-order valence-corrected chi connectivity index (χ4v) is 2.26. The number of carbonyl (C=O) groups excluding carboxylic acids is 2. The van der Waals surface area contributed by atoms with Gasteiger partial charge >= 0.3 is 5.97 Å². The van der Waals surface area contributed by atoms with Crippen molar-refractivity contribution in [3.05, 3.63) is 59.3 Å². The Morgan fingerprint density at radius 3 is 2.62 bits per heavy atom. The van der Waals surface area contributed by atoms with Crippen LogP contribution in [0.15, 0.2) is 42.5 Å². The second kappa shape index (κ2) is 4.82. The fourth-order valence-electron chi connectivity index (χ4n) is 2.26. The number of imide groups is 1. The van der Waals surface area contributed by atoms with E-state index in [1.807, 2.05) is 0 Å². The Morgan fingerprint density at radius 1 is 1.10 bits per heavy atom. The summed E-state index contributed by atoms with van der Waals surface area (Å²) in [6.45, 7) is 0. The largest absolute Gasteiger partial charge is 0.477 e. The molecule has 0 atom stereocenters. The second-order valence-corrected chi connectivity index (χ2v) is 4.55. The van der Waals surface area contributed by atoms with E-state index in [-0.39, 0.29) is 17.9 Å². The summed E-state index contributed by atoms with van der Waals surface area (Å²) in [5, 5.41) is 8.95. The van der Waals surface area contributed by atoms with Crippen LogP contribution in [0.4, 0.5) is 5.82 Å². The van der Waals surface area contributed by atoms with Crippen molar-refractivity contribution in [3.8, 4) is 0 Å². The van der Waals surface area contributed by atoms with E-state index in [1.165, 1.54) is 18.2 Å². The van der Waals surface area contributed by atoms with Crippen LogP contribution in [-0.2, 0) is 11.2 Å². The van der Waals surface area contributed by atoms with Crippen LogP contribution >= 0.6 is 0 Å². The molecule has 6 heteroatoms. The first-order valence-electron chi connectivity index (χ1n) is 6.23. The third-order valence-electron chi connectivity index (χ3n) is 3.22. The normalized spacial score (nSPS) is 14.0. The number of aromatic nitrogens is 1. The van der Waals surface area contributed by atoms with E-state index >= 15 is 0 Å². The molecule has 104 valence electrons. The predicted octanol–water partition coefficient (Wildman–Crippen LogP) is 1.51. The van der Waals surface area contributed by atoms with E-state index in [0.29, 0.717) is 11.1 Å². The summed E-state index contributed by atoms with van der Waals surface area (Å²) in [4.78, 5) is 40.3. The summed E-state index contributed by atoms with van der Waals surface area (Å²) < 4.78 is 0. The van der Waals surface area contributed by atoms with Crippen LogP contribution in [0.25, 0.3) is 0 Å². The number of hydrogen-bond acceptors (Lipinski definition) is 4. The molecule has 2 amide bonds. The first-order chi connectivity index (χ1) is 10.1. The zero-order valence-electron chi connectivity index (χ0n) is 10.8. The number of benzene rings is 1. The zero-order chi connectivity index (χ0) is 15.0. The molecule has 0 saturated carbocycles. The molecule has 1 aromatic heterocycles. The van der Waals surface area contributed by atoms with Crippen molar-refractivity contribution in [2.75, 3.05) is 4.90 Å². The molecule has 0 aliphatic carbocycles. The Labute approximate surface area is 119 Å². The lowest BCUT2D eigenvalue weighted by atomic mass is 9.98. The maximum Gasteiger partial charge on any atom is 0.354 e. The van der Waals surface area contributed by atoms with Crippen LogP contribution in [-0.4, -0.2) is 27.9 Å². The van der Waals surface area contributed by atoms with Gasteiger partial charge in [0, 0.05) is 5.56 Å². The summed E-state index contributed by atoms with van der Waals surface area (Å²) >= 11 is 0. The highest BCUT2D eigenvalue weighted by atomic mass is 16.4. The highest BCUT2D eigenvalue weighted by Gasteiger charge is 2.32. The van der Waals surface area contributed by atoms with Gasteiger partial charge in [-0.05, 0) is 23.8 Å². The molecule has 2 heterocycles. The molecule has 1 aromatic carbocycles. The minimum absolute atomic E-state index is 0.0272. The molecule has 1 aliphatic rings. The number of anilines is 1. The number of amides is 2. The van der Waals surface area contributed by atoms with Crippen molar-refractivity contribution in [2.24, 2.45) is 0 Å². The van der Waals surface area contributed by atoms with Gasteiger partial charge in [-0.15, -0.1) is 0 Å². The number of fused-ring (bicyclic) bond motifs is 1. The maximum atomic E-state index is 12.4. The van der Waals surface area contributed by atoms with Crippen molar-refractivity contribution >= 4 is 23.6 Å². The summed E-state index contributed by atoms with van der Waals surface area (Å²) in [5.41, 5.74) is 0.879. The SMILES string of the molecule is O=C(O)c1cccc(N2C(=O)Cc3ccccc3C2=O)n1. The lowest BCUT2D eigenvalue weighted by molar-refractivity contribution is -0.117. The van der Waals surface area contributed by atoms with E-state index in [4.69, 9.17) is 5.11 Å². The summed E-state index contributed by atoms with van der Waals surface area (Å²) in [5.74, 6) is -2.10. The average molecular weight is 282 g/mol. The number of carboxylic acids is 1. The first kappa shape index (κ1) is 13.0. The van der Waals surface area contributed by atoms with Gasteiger partial charge in [0.2, 0.25) is 5.91 Å². The molecule has 0 saturated heterocycles. The molecular formula is C15H10N2O4. The fraction of sp³-hybridized carbons (Fsp3) is 0.0667. The van der Waals surface area contributed by atoms with Gasteiger partial charge in [-0.1, -0.05) is 24.3 Å². The van der Waals surface area contributed by atoms with E-state index in [2.05, 4.69) is 4.98 Å². The van der Waals surface area contributed by atoms with E-state index in [0.717, 1.165) is 4.90 Å². The van der Waals surface area contributed by atoms with Gasteiger partial charge in [0.1, 0.15) is 5.82 Å². The first-order valence-corrected chi connectivity index (χ1v) is 6.23. The number of hydrogen-bond donors (Lipinski definition) is 1. The molecule has 2 aromatic rings. The monoisotopic (exact) mass is 282 g/mol. The molecule has 0 unspecified atom stereocenters. The van der Waals surface area contributed by atoms with Crippen molar-refractivity contribution < 1.29 is 19.5 Å². The number of pyridine rings is 1. The molecule has 1 aliphatic heterocycles. The van der Waals surface area contributed by atoms with Crippen LogP contribution in [0.3, 0.4) is 0 Å². The van der Waals surface area contributed by atoms with Crippen molar-refractivity contribution in [2.45, 2.75) is 6.42 Å². The van der Waals surface area contributed by atoms with Crippen LogP contribution < -0.4 is 4.90 Å². The Morgan fingerprint density at radius 2 is 1.86 bits per heavy atom. The minimum Gasteiger partial charge on any atom is -0.477 e. The Bertz CT molecular complexity index is 770. The lowest BCUT2D eigenvalue weighted by Crippen LogP contribution is -2.43. The smallest absolute Gasteiger partial charge is 0.354 e. The zero-order valence-corrected chi connectivity index (χ0v) is 10.8. The predicted molar refractivity (Wildman–Crippen MR) is 73.2 cm³/mol. The van der Waals surface area contributed by atoms with E-state index in [9.17, 15) is 14.4 Å². The highest BCUT2D eigenvalue weighted by molar-refractivity contribution is 6.24. The third kappa shape index (κ3) is 2.16. The quantitative estimate of drug-likeness (QED) is 0.843. The van der Waals surface area contributed by atoms with Gasteiger partial charge in [-0.3, -0.25) is 9.59 Å². The van der Waals surface area contributed by atoms with Crippen molar-refractivity contribution in [3.63, 3.8) is 0 Å². The number of carboxylic acid groups (broad SMARTS) is 1. The summed E-state index contributed by atoms with van der Waals surface area (Å²) in [6, 6.07) is 11.0. The number of aromatic carboxylic acids is 1. The van der Waals surface area contributed by atoms with Crippen molar-refractivity contribution in [1.29, 1.82) is 0 Å². The molecular weight excluding hydrogens is 272 g/mol. The van der Waals surface area contributed by atoms with Crippen LogP contribution in [0.2, 0.25) is 0 Å².